The molecular formula is C9H16N2S. The number of hydrogen-bond donors (Lipinski definition) is 1. The average Bonchev–Trinajstić information content (AvgIpc) is 2.45. The number of aryl methyl sites for hydroxylation is 1. The summed E-state index contributed by atoms with van der Waals surface area (Å²) in [6.45, 7) is 5.30. The van der Waals surface area contributed by atoms with Gasteiger partial charge >= 0.3 is 0 Å². The minimum Gasteiger partial charge on any atom is -0.369 e. The van der Waals surface area contributed by atoms with Crippen molar-refractivity contribution in [2.45, 2.75) is 33.1 Å². The maximum absolute atomic E-state index is 4.32. The van der Waals surface area contributed by atoms with Gasteiger partial charge in [-0.2, -0.15) is 0 Å². The van der Waals surface area contributed by atoms with Gasteiger partial charge in [0.1, 0.15) is 5.82 Å². The lowest BCUT2D eigenvalue weighted by molar-refractivity contribution is 0.742. The molecule has 0 fully saturated rings. The van der Waals surface area contributed by atoms with Gasteiger partial charge in [-0.25, -0.2) is 4.98 Å². The normalized spacial score (nSPS) is 10.2. The maximum Gasteiger partial charge on any atom is 0.137 e. The van der Waals surface area contributed by atoms with Gasteiger partial charge in [0.15, 0.2) is 0 Å². The van der Waals surface area contributed by atoms with Gasteiger partial charge in [0.2, 0.25) is 0 Å². The Kier molecular flexibility index (Phi) is 4.08. The molecule has 0 amide bonds. The molecule has 0 bridgehead atoms. The maximum atomic E-state index is 4.32. The Morgan fingerprint density at radius 2 is 2.33 bits per heavy atom. The minimum absolute atomic E-state index is 1.04. The molecule has 0 atom stereocenters. The lowest BCUT2D eigenvalue weighted by Gasteiger charge is -2.00. The first-order valence-electron chi connectivity index (χ1n) is 4.49. The Balaban J connectivity index is 2.15. The molecule has 0 unspecified atom stereocenters. The van der Waals surface area contributed by atoms with Crippen LogP contribution in [0.2, 0.25) is 0 Å². The van der Waals surface area contributed by atoms with Crippen LogP contribution in [0.15, 0.2) is 5.38 Å². The van der Waals surface area contributed by atoms with Crippen LogP contribution >= 0.6 is 11.3 Å². The Bertz CT molecular complexity index is 220. The number of anilines is 1. The van der Waals surface area contributed by atoms with Gasteiger partial charge in [-0.05, 0) is 13.3 Å². The van der Waals surface area contributed by atoms with Gasteiger partial charge < -0.3 is 5.32 Å². The van der Waals surface area contributed by atoms with Crippen molar-refractivity contribution >= 4 is 17.2 Å². The molecule has 0 aliphatic carbocycles. The third-order valence-electron chi connectivity index (χ3n) is 1.71. The molecule has 0 aliphatic heterocycles. The second kappa shape index (κ2) is 5.14. The highest BCUT2D eigenvalue weighted by atomic mass is 32.1. The summed E-state index contributed by atoms with van der Waals surface area (Å²) in [5, 5.41) is 6.50. The van der Waals surface area contributed by atoms with Crippen molar-refractivity contribution < 1.29 is 0 Å². The molecular weight excluding hydrogens is 168 g/mol. The topological polar surface area (TPSA) is 24.9 Å². The molecule has 1 rings (SSSR count). The molecule has 1 aromatic rings. The molecule has 0 aliphatic rings. The molecule has 3 heteroatoms. The highest BCUT2D eigenvalue weighted by molar-refractivity contribution is 7.09. The zero-order chi connectivity index (χ0) is 8.81. The van der Waals surface area contributed by atoms with Gasteiger partial charge in [0.25, 0.3) is 0 Å². The molecule has 1 aromatic heterocycles. The van der Waals surface area contributed by atoms with Crippen LogP contribution in [0.25, 0.3) is 0 Å². The largest absolute Gasteiger partial charge is 0.369 e. The zero-order valence-corrected chi connectivity index (χ0v) is 8.58. The van der Waals surface area contributed by atoms with Crippen molar-refractivity contribution in [1.29, 1.82) is 0 Å². The average molecular weight is 184 g/mol. The third kappa shape index (κ3) is 3.22. The molecule has 0 spiro atoms. The standard InChI is InChI=1S/C9H16N2S/c1-3-4-5-6-10-9-7-12-8(2)11-9/h7,10H,3-6H2,1-2H3. The Morgan fingerprint density at radius 1 is 1.50 bits per heavy atom. The monoisotopic (exact) mass is 184 g/mol. The van der Waals surface area contributed by atoms with Crippen LogP contribution in [0, 0.1) is 6.92 Å². The summed E-state index contributed by atoms with van der Waals surface area (Å²) < 4.78 is 0. The van der Waals surface area contributed by atoms with Crippen LogP contribution < -0.4 is 5.32 Å². The van der Waals surface area contributed by atoms with Crippen molar-refractivity contribution in [3.8, 4) is 0 Å². The number of hydrogen-bond acceptors (Lipinski definition) is 3. The van der Waals surface area contributed by atoms with Crippen LogP contribution in [-0.4, -0.2) is 11.5 Å². The van der Waals surface area contributed by atoms with E-state index in [4.69, 9.17) is 0 Å². The van der Waals surface area contributed by atoms with Gasteiger partial charge in [-0.15, -0.1) is 11.3 Å². The first-order chi connectivity index (χ1) is 5.83. The van der Waals surface area contributed by atoms with Gasteiger partial charge in [0.05, 0.1) is 5.01 Å². The van der Waals surface area contributed by atoms with E-state index in [-0.39, 0.29) is 0 Å². The number of thiazole rings is 1. The van der Waals surface area contributed by atoms with Crippen molar-refractivity contribution in [2.75, 3.05) is 11.9 Å². The van der Waals surface area contributed by atoms with Crippen molar-refractivity contribution in [3.05, 3.63) is 10.4 Å². The summed E-state index contributed by atoms with van der Waals surface area (Å²) in [6.07, 6.45) is 3.82. The predicted octanol–water partition coefficient (Wildman–Crippen LogP) is 3.05. The molecule has 1 N–H and O–H groups in total. The highest BCUT2D eigenvalue weighted by Gasteiger charge is 1.95. The van der Waals surface area contributed by atoms with E-state index >= 15 is 0 Å². The van der Waals surface area contributed by atoms with Crippen LogP contribution in [-0.2, 0) is 0 Å². The Morgan fingerprint density at radius 3 is 2.92 bits per heavy atom. The van der Waals surface area contributed by atoms with Gasteiger partial charge in [-0.3, -0.25) is 0 Å². The summed E-state index contributed by atoms with van der Waals surface area (Å²) in [5.41, 5.74) is 0. The number of unbranched alkanes of at least 4 members (excludes halogenated alkanes) is 2. The quantitative estimate of drug-likeness (QED) is 0.711. The number of aromatic nitrogens is 1. The molecule has 12 heavy (non-hydrogen) atoms. The lowest BCUT2D eigenvalue weighted by atomic mass is 10.2. The van der Waals surface area contributed by atoms with E-state index in [0.29, 0.717) is 0 Å². The molecule has 0 aromatic carbocycles. The van der Waals surface area contributed by atoms with E-state index in [1.807, 2.05) is 6.92 Å². The Hall–Kier alpha value is -0.570. The van der Waals surface area contributed by atoms with E-state index in [0.717, 1.165) is 17.4 Å². The molecule has 1 heterocycles. The van der Waals surface area contributed by atoms with E-state index in [2.05, 4.69) is 22.6 Å². The van der Waals surface area contributed by atoms with Crippen LogP contribution in [0.1, 0.15) is 31.2 Å². The Labute approximate surface area is 78.0 Å². The van der Waals surface area contributed by atoms with Crippen LogP contribution in [0.5, 0.6) is 0 Å². The fraction of sp³-hybridized carbons (Fsp3) is 0.667. The number of rotatable bonds is 5. The van der Waals surface area contributed by atoms with E-state index in [1.54, 1.807) is 11.3 Å². The summed E-state index contributed by atoms with van der Waals surface area (Å²) in [6, 6.07) is 0. The predicted molar refractivity (Wildman–Crippen MR) is 54.9 cm³/mol. The molecule has 0 saturated heterocycles. The zero-order valence-electron chi connectivity index (χ0n) is 7.76. The van der Waals surface area contributed by atoms with Crippen LogP contribution in [0.4, 0.5) is 5.82 Å². The number of nitrogens with one attached hydrogen (secondary N) is 1. The SMILES string of the molecule is CCCCCNc1csc(C)n1. The smallest absolute Gasteiger partial charge is 0.137 e. The second-order valence-corrected chi connectivity index (χ2v) is 3.95. The van der Waals surface area contributed by atoms with Crippen molar-refractivity contribution in [3.63, 3.8) is 0 Å². The number of nitrogens with zero attached hydrogens (tertiary/aromatic N) is 1. The highest BCUT2D eigenvalue weighted by Crippen LogP contribution is 2.12. The fourth-order valence-corrected chi connectivity index (χ4v) is 1.61. The first kappa shape index (κ1) is 9.52. The lowest BCUT2D eigenvalue weighted by Crippen LogP contribution is -2.01. The van der Waals surface area contributed by atoms with Crippen LogP contribution in [0.3, 0.4) is 0 Å². The molecule has 68 valence electrons. The molecule has 2 nitrogen and oxygen atoms in total. The van der Waals surface area contributed by atoms with Gasteiger partial charge in [0, 0.05) is 11.9 Å². The summed E-state index contributed by atoms with van der Waals surface area (Å²) in [4.78, 5) is 4.32. The molecule has 0 saturated carbocycles. The molecule has 0 radical (unpaired) electrons. The summed E-state index contributed by atoms with van der Waals surface area (Å²) in [5.74, 6) is 1.04. The summed E-state index contributed by atoms with van der Waals surface area (Å²) >= 11 is 1.69. The van der Waals surface area contributed by atoms with Crippen molar-refractivity contribution in [2.24, 2.45) is 0 Å². The summed E-state index contributed by atoms with van der Waals surface area (Å²) in [7, 11) is 0. The van der Waals surface area contributed by atoms with E-state index in [1.165, 1.54) is 19.3 Å². The van der Waals surface area contributed by atoms with Gasteiger partial charge in [-0.1, -0.05) is 19.8 Å². The second-order valence-electron chi connectivity index (χ2n) is 2.89. The van der Waals surface area contributed by atoms with E-state index < -0.39 is 0 Å². The third-order valence-corrected chi connectivity index (χ3v) is 2.48. The van der Waals surface area contributed by atoms with Crippen molar-refractivity contribution in [1.82, 2.24) is 4.98 Å². The first-order valence-corrected chi connectivity index (χ1v) is 5.37. The minimum atomic E-state index is 1.04. The van der Waals surface area contributed by atoms with E-state index in [9.17, 15) is 0 Å². The fourth-order valence-electron chi connectivity index (χ4n) is 1.04.